The van der Waals surface area contributed by atoms with E-state index >= 15 is 0 Å². The molecule has 2 atom stereocenters. The lowest BCUT2D eigenvalue weighted by molar-refractivity contribution is -0.137. The lowest BCUT2D eigenvalue weighted by Gasteiger charge is -2.40. The van der Waals surface area contributed by atoms with Crippen LogP contribution >= 0.6 is 11.6 Å². The van der Waals surface area contributed by atoms with Crippen LogP contribution in [-0.4, -0.2) is 72.1 Å². The number of ether oxygens (including phenoxy) is 1. The van der Waals surface area contributed by atoms with E-state index in [0.717, 1.165) is 23.0 Å². The predicted octanol–water partition coefficient (Wildman–Crippen LogP) is 2.63. The molecule has 9 heteroatoms. The van der Waals surface area contributed by atoms with E-state index < -0.39 is 12.2 Å². The van der Waals surface area contributed by atoms with Crippen molar-refractivity contribution in [2.45, 2.75) is 18.8 Å². The summed E-state index contributed by atoms with van der Waals surface area (Å²) in [7, 11) is 3.33. The fourth-order valence-corrected chi connectivity index (χ4v) is 4.62. The molecule has 8 nitrogen and oxygen atoms in total. The number of likely N-dealkylation sites (N-methyl/N-ethyl adjacent to an activating group) is 1. The second kappa shape index (κ2) is 7.46. The third-order valence-corrected chi connectivity index (χ3v) is 6.23. The van der Waals surface area contributed by atoms with Crippen LogP contribution in [0.25, 0.3) is 0 Å². The van der Waals surface area contributed by atoms with E-state index in [1.165, 1.54) is 4.90 Å². The van der Waals surface area contributed by atoms with Gasteiger partial charge in [0.2, 0.25) is 5.96 Å². The van der Waals surface area contributed by atoms with Gasteiger partial charge in [0, 0.05) is 30.8 Å². The van der Waals surface area contributed by atoms with Gasteiger partial charge < -0.3 is 19.4 Å². The molecule has 0 bridgehead atoms. The largest absolute Gasteiger partial charge is 0.497 e. The Morgan fingerprint density at radius 2 is 1.90 bits per heavy atom. The molecule has 2 aromatic carbocycles. The topological polar surface area (TPSA) is 68.7 Å². The second-order valence-electron chi connectivity index (χ2n) is 7.78. The van der Waals surface area contributed by atoms with Crippen molar-refractivity contribution in [1.82, 2.24) is 14.7 Å². The number of anilines is 1. The zero-order chi connectivity index (χ0) is 21.7. The Balaban J connectivity index is 1.42. The lowest BCUT2D eigenvalue weighted by Crippen LogP contribution is -2.64. The van der Waals surface area contributed by atoms with Crippen LogP contribution < -0.4 is 9.64 Å². The van der Waals surface area contributed by atoms with Crippen molar-refractivity contribution in [2.24, 2.45) is 4.99 Å². The third kappa shape index (κ3) is 3.18. The molecular weight excluding hydrogens is 418 g/mol. The number of aliphatic imine (C=N–C) groups is 1. The van der Waals surface area contributed by atoms with Crippen molar-refractivity contribution in [1.29, 1.82) is 0 Å². The maximum Gasteiger partial charge on any atom is 0.328 e. The molecule has 0 aliphatic carbocycles. The van der Waals surface area contributed by atoms with Crippen molar-refractivity contribution < 1.29 is 14.3 Å². The Hall–Kier alpha value is -3.26. The van der Waals surface area contributed by atoms with Crippen molar-refractivity contribution in [2.75, 3.05) is 32.1 Å². The fourth-order valence-electron chi connectivity index (χ4n) is 4.41. The standard InChI is InChI=1S/C22H22ClN5O3/c1-25-19-18(20(29)28(22(25)30)13-14-4-3-5-15(23)12-14)27-11-10-26(21(27)24-19)16-6-8-17(31-2)9-7-16/h3-9,12,18-19H,10-11,13H2,1-2H3. The molecule has 3 aliphatic rings. The number of guanidine groups is 1. The van der Waals surface area contributed by atoms with Gasteiger partial charge in [0.05, 0.1) is 13.7 Å². The van der Waals surface area contributed by atoms with E-state index in [2.05, 4.69) is 4.90 Å². The quantitative estimate of drug-likeness (QED) is 0.732. The number of hydrogen-bond donors (Lipinski definition) is 0. The molecule has 3 aliphatic heterocycles. The number of nitrogens with zero attached hydrogens (tertiary/aromatic N) is 5. The van der Waals surface area contributed by atoms with Gasteiger partial charge in [-0.15, -0.1) is 0 Å². The molecule has 160 valence electrons. The number of carbonyl (C=O) groups excluding carboxylic acids is 2. The van der Waals surface area contributed by atoms with Gasteiger partial charge >= 0.3 is 6.03 Å². The zero-order valence-electron chi connectivity index (χ0n) is 17.2. The first-order valence-electron chi connectivity index (χ1n) is 10.1. The van der Waals surface area contributed by atoms with Gasteiger partial charge in [-0.3, -0.25) is 9.69 Å². The van der Waals surface area contributed by atoms with Crippen LogP contribution in [0.3, 0.4) is 0 Å². The molecule has 2 fully saturated rings. The van der Waals surface area contributed by atoms with Crippen LogP contribution in [0.1, 0.15) is 5.56 Å². The Kier molecular flexibility index (Phi) is 4.74. The molecule has 31 heavy (non-hydrogen) atoms. The molecule has 0 N–H and O–H groups in total. The number of rotatable bonds is 4. The number of fused-ring (bicyclic) bond motifs is 3. The zero-order valence-corrected chi connectivity index (χ0v) is 18.0. The minimum Gasteiger partial charge on any atom is -0.497 e. The van der Waals surface area contributed by atoms with E-state index in [1.54, 1.807) is 31.2 Å². The van der Waals surface area contributed by atoms with Crippen LogP contribution in [0, 0.1) is 0 Å². The Morgan fingerprint density at radius 3 is 2.61 bits per heavy atom. The molecule has 0 radical (unpaired) electrons. The van der Waals surface area contributed by atoms with Crippen molar-refractivity contribution in [3.05, 3.63) is 59.1 Å². The summed E-state index contributed by atoms with van der Waals surface area (Å²) >= 11 is 6.08. The first-order valence-corrected chi connectivity index (χ1v) is 10.4. The summed E-state index contributed by atoms with van der Waals surface area (Å²) in [5.41, 5.74) is 1.78. The smallest absolute Gasteiger partial charge is 0.328 e. The number of carbonyl (C=O) groups is 2. The molecule has 2 aromatic rings. The molecular formula is C22H22ClN5O3. The molecule has 3 amide bonds. The number of urea groups is 1. The average Bonchev–Trinajstić information content (AvgIpc) is 3.35. The first-order chi connectivity index (χ1) is 15.0. The molecule has 0 spiro atoms. The SMILES string of the molecule is COc1ccc(N2CCN3C2=NC2C3C(=O)N(Cc3cccc(Cl)c3)C(=O)N2C)cc1. The lowest BCUT2D eigenvalue weighted by atomic mass is 10.1. The predicted molar refractivity (Wildman–Crippen MR) is 117 cm³/mol. The van der Waals surface area contributed by atoms with Gasteiger partial charge in [-0.1, -0.05) is 23.7 Å². The summed E-state index contributed by atoms with van der Waals surface area (Å²) in [5.74, 6) is 1.26. The molecule has 0 saturated carbocycles. The molecule has 2 unspecified atom stereocenters. The average molecular weight is 440 g/mol. The van der Waals surface area contributed by atoms with Crippen LogP contribution in [0.15, 0.2) is 53.5 Å². The number of amides is 3. The van der Waals surface area contributed by atoms with Crippen LogP contribution in [0.5, 0.6) is 5.75 Å². The van der Waals surface area contributed by atoms with E-state index in [4.69, 9.17) is 21.3 Å². The monoisotopic (exact) mass is 439 g/mol. The summed E-state index contributed by atoms with van der Waals surface area (Å²) in [4.78, 5) is 38.1. The van der Waals surface area contributed by atoms with Gasteiger partial charge in [-0.2, -0.15) is 0 Å². The Morgan fingerprint density at radius 1 is 1.13 bits per heavy atom. The third-order valence-electron chi connectivity index (χ3n) is 5.99. The highest BCUT2D eigenvalue weighted by Crippen LogP contribution is 2.34. The molecule has 2 saturated heterocycles. The van der Waals surface area contributed by atoms with Crippen LogP contribution in [0.2, 0.25) is 5.02 Å². The number of hydrogen-bond acceptors (Lipinski definition) is 6. The summed E-state index contributed by atoms with van der Waals surface area (Å²) in [5, 5.41) is 0.571. The normalized spacial score (nSPS) is 22.6. The summed E-state index contributed by atoms with van der Waals surface area (Å²) in [6.45, 7) is 1.55. The number of benzene rings is 2. The van der Waals surface area contributed by atoms with E-state index in [1.807, 2.05) is 41.3 Å². The van der Waals surface area contributed by atoms with Gasteiger partial charge in [0.25, 0.3) is 5.91 Å². The van der Waals surface area contributed by atoms with Gasteiger partial charge in [-0.05, 0) is 42.0 Å². The highest BCUT2D eigenvalue weighted by atomic mass is 35.5. The summed E-state index contributed by atoms with van der Waals surface area (Å²) < 4.78 is 5.24. The number of methoxy groups -OCH3 is 1. The fraction of sp³-hybridized carbons (Fsp3) is 0.318. The van der Waals surface area contributed by atoms with Gasteiger partial charge in [0.1, 0.15) is 5.75 Å². The van der Waals surface area contributed by atoms with E-state index in [-0.39, 0.29) is 18.5 Å². The maximum atomic E-state index is 13.4. The Bertz CT molecular complexity index is 1070. The highest BCUT2D eigenvalue weighted by molar-refractivity contribution is 6.30. The van der Waals surface area contributed by atoms with Crippen molar-refractivity contribution in [3.8, 4) is 5.75 Å². The first kappa shape index (κ1) is 19.7. The summed E-state index contributed by atoms with van der Waals surface area (Å²) in [6, 6.07) is 14.1. The minimum atomic E-state index is -0.536. The van der Waals surface area contributed by atoms with Crippen molar-refractivity contribution >= 4 is 35.2 Å². The van der Waals surface area contributed by atoms with Gasteiger partial charge in [0.15, 0.2) is 12.2 Å². The highest BCUT2D eigenvalue weighted by Gasteiger charge is 2.54. The van der Waals surface area contributed by atoms with E-state index in [0.29, 0.717) is 18.1 Å². The molecule has 0 aromatic heterocycles. The summed E-state index contributed by atoms with van der Waals surface area (Å²) in [6.07, 6.45) is -0.536. The minimum absolute atomic E-state index is 0.178. The number of imide groups is 1. The van der Waals surface area contributed by atoms with Crippen molar-refractivity contribution in [3.63, 3.8) is 0 Å². The Labute approximate surface area is 185 Å². The van der Waals surface area contributed by atoms with Gasteiger partial charge in [-0.25, -0.2) is 9.79 Å². The van der Waals surface area contributed by atoms with E-state index in [9.17, 15) is 9.59 Å². The number of halogens is 1. The maximum absolute atomic E-state index is 13.4. The molecule has 3 heterocycles. The van der Waals surface area contributed by atoms with Crippen LogP contribution in [-0.2, 0) is 11.3 Å². The molecule has 5 rings (SSSR count). The van der Waals surface area contributed by atoms with Crippen LogP contribution in [0.4, 0.5) is 10.5 Å². The second-order valence-corrected chi connectivity index (χ2v) is 8.21.